The van der Waals surface area contributed by atoms with Crippen molar-refractivity contribution in [3.63, 3.8) is 0 Å². The average molecular weight is 416 g/mol. The van der Waals surface area contributed by atoms with Crippen molar-refractivity contribution in [3.8, 4) is 0 Å². The van der Waals surface area contributed by atoms with Crippen molar-refractivity contribution in [2.45, 2.75) is 43.5 Å². The van der Waals surface area contributed by atoms with E-state index in [1.54, 1.807) is 33.5 Å². The van der Waals surface area contributed by atoms with Crippen LogP contribution in [0.1, 0.15) is 43.0 Å². The molecule has 3 rings (SSSR count). The van der Waals surface area contributed by atoms with Crippen LogP contribution < -0.4 is 5.32 Å². The zero-order chi connectivity index (χ0) is 18.7. The number of sulfonamides is 1. The van der Waals surface area contributed by atoms with Crippen LogP contribution in [-0.2, 0) is 10.0 Å². The van der Waals surface area contributed by atoms with Gasteiger partial charge in [0.1, 0.15) is 0 Å². The van der Waals surface area contributed by atoms with Crippen molar-refractivity contribution in [1.82, 2.24) is 14.5 Å². The van der Waals surface area contributed by atoms with Crippen LogP contribution in [0.15, 0.2) is 29.2 Å². The molecule has 2 saturated heterocycles. The minimum absolute atomic E-state index is 0. The molecule has 0 aromatic heterocycles. The van der Waals surface area contributed by atoms with Gasteiger partial charge in [0.2, 0.25) is 10.0 Å². The summed E-state index contributed by atoms with van der Waals surface area (Å²) in [4.78, 5) is 14.7. The molecule has 1 N–H and O–H groups in total. The van der Waals surface area contributed by atoms with E-state index in [4.69, 9.17) is 0 Å². The first-order valence-electron chi connectivity index (χ1n) is 9.47. The molecule has 27 heavy (non-hydrogen) atoms. The Bertz CT molecular complexity index is 725. The molecule has 0 radical (unpaired) electrons. The van der Waals surface area contributed by atoms with Crippen molar-refractivity contribution in [1.29, 1.82) is 0 Å². The van der Waals surface area contributed by atoms with Crippen molar-refractivity contribution in [2.75, 3.05) is 33.2 Å². The number of carbonyl (C=O) groups is 1. The third kappa shape index (κ3) is 5.02. The molecule has 0 spiro atoms. The highest BCUT2D eigenvalue weighted by Gasteiger charge is 2.28. The number of amides is 1. The maximum absolute atomic E-state index is 12.8. The molecule has 2 fully saturated rings. The predicted molar refractivity (Wildman–Crippen MR) is 109 cm³/mol. The van der Waals surface area contributed by atoms with E-state index in [1.807, 2.05) is 7.05 Å². The molecule has 0 atom stereocenters. The van der Waals surface area contributed by atoms with E-state index in [0.29, 0.717) is 24.6 Å². The highest BCUT2D eigenvalue weighted by Crippen LogP contribution is 2.24. The summed E-state index contributed by atoms with van der Waals surface area (Å²) in [6.45, 7) is 5.15. The van der Waals surface area contributed by atoms with Gasteiger partial charge in [-0.2, -0.15) is 4.31 Å². The van der Waals surface area contributed by atoms with Gasteiger partial charge in [-0.25, -0.2) is 8.42 Å². The minimum atomic E-state index is -3.47. The Hall–Kier alpha value is -1.15. The van der Waals surface area contributed by atoms with Gasteiger partial charge in [-0.15, -0.1) is 12.4 Å². The Morgan fingerprint density at radius 1 is 1.07 bits per heavy atom. The largest absolute Gasteiger partial charge is 0.339 e. The van der Waals surface area contributed by atoms with Gasteiger partial charge in [0.05, 0.1) is 4.90 Å². The predicted octanol–water partition coefficient (Wildman–Crippen LogP) is 2.35. The number of hydrogen-bond acceptors (Lipinski definition) is 4. The van der Waals surface area contributed by atoms with Crippen LogP contribution in [0.3, 0.4) is 0 Å². The van der Waals surface area contributed by atoms with E-state index in [-0.39, 0.29) is 29.3 Å². The molecule has 6 nitrogen and oxygen atoms in total. The molecule has 1 aromatic rings. The maximum Gasteiger partial charge on any atom is 0.253 e. The van der Waals surface area contributed by atoms with E-state index < -0.39 is 10.0 Å². The second-order valence-corrected chi connectivity index (χ2v) is 9.45. The number of piperidine rings is 2. The topological polar surface area (TPSA) is 69.7 Å². The van der Waals surface area contributed by atoms with Gasteiger partial charge in [-0.1, -0.05) is 6.92 Å². The van der Waals surface area contributed by atoms with Gasteiger partial charge in [-0.05, 0) is 69.0 Å². The lowest BCUT2D eigenvalue weighted by Crippen LogP contribution is -2.44. The van der Waals surface area contributed by atoms with Gasteiger partial charge in [0, 0.05) is 31.7 Å². The van der Waals surface area contributed by atoms with Crippen LogP contribution in [0, 0.1) is 5.92 Å². The molecule has 152 valence electrons. The zero-order valence-corrected chi connectivity index (χ0v) is 17.7. The van der Waals surface area contributed by atoms with Gasteiger partial charge < -0.3 is 10.2 Å². The van der Waals surface area contributed by atoms with Crippen molar-refractivity contribution in [3.05, 3.63) is 29.8 Å². The number of nitrogens with one attached hydrogen (secondary N) is 1. The van der Waals surface area contributed by atoms with E-state index in [2.05, 4.69) is 12.2 Å². The lowest BCUT2D eigenvalue weighted by atomic mass is 10.0. The Kier molecular flexibility index (Phi) is 7.68. The van der Waals surface area contributed by atoms with E-state index in [0.717, 1.165) is 38.8 Å². The van der Waals surface area contributed by atoms with E-state index >= 15 is 0 Å². The quantitative estimate of drug-likeness (QED) is 0.819. The molecule has 1 amide bonds. The summed E-state index contributed by atoms with van der Waals surface area (Å²) in [5, 5.41) is 3.30. The lowest BCUT2D eigenvalue weighted by Gasteiger charge is -2.32. The normalized spacial score (nSPS) is 20.1. The summed E-state index contributed by atoms with van der Waals surface area (Å²) < 4.78 is 27.1. The maximum atomic E-state index is 12.8. The second-order valence-electron chi connectivity index (χ2n) is 7.51. The minimum Gasteiger partial charge on any atom is -0.339 e. The molecule has 2 aliphatic rings. The number of rotatable bonds is 4. The monoisotopic (exact) mass is 415 g/mol. The highest BCUT2D eigenvalue weighted by atomic mass is 35.5. The highest BCUT2D eigenvalue weighted by molar-refractivity contribution is 7.89. The van der Waals surface area contributed by atoms with Crippen LogP contribution in [0.4, 0.5) is 0 Å². The fourth-order valence-electron chi connectivity index (χ4n) is 3.71. The Labute approximate surface area is 168 Å². The first-order chi connectivity index (χ1) is 12.4. The van der Waals surface area contributed by atoms with E-state index in [9.17, 15) is 13.2 Å². The fraction of sp³-hybridized carbons (Fsp3) is 0.632. The standard InChI is InChI=1S/C19H29N3O3S.ClH/c1-15-9-13-22(14-10-15)26(24,25)18-5-3-16(4-6-18)19(23)21(2)17-7-11-20-12-8-17;/h3-6,15,17,20H,7-14H2,1-2H3;1H. The molecule has 0 bridgehead atoms. The smallest absolute Gasteiger partial charge is 0.253 e. The number of benzene rings is 1. The van der Waals surface area contributed by atoms with Crippen molar-refractivity contribution >= 4 is 28.3 Å². The summed E-state index contributed by atoms with van der Waals surface area (Å²) in [5.41, 5.74) is 0.539. The summed E-state index contributed by atoms with van der Waals surface area (Å²) in [7, 11) is -1.64. The summed E-state index contributed by atoms with van der Waals surface area (Å²) in [6.07, 6.45) is 3.69. The second kappa shape index (κ2) is 9.37. The molecule has 0 aliphatic carbocycles. The van der Waals surface area contributed by atoms with Gasteiger partial charge in [0.25, 0.3) is 5.91 Å². The Morgan fingerprint density at radius 2 is 1.63 bits per heavy atom. The van der Waals surface area contributed by atoms with Crippen LogP contribution in [-0.4, -0.2) is 62.8 Å². The van der Waals surface area contributed by atoms with E-state index in [1.165, 1.54) is 0 Å². The van der Waals surface area contributed by atoms with Crippen LogP contribution >= 0.6 is 12.4 Å². The molecule has 1 aromatic carbocycles. The molecule has 8 heteroatoms. The van der Waals surface area contributed by atoms with Gasteiger partial charge in [-0.3, -0.25) is 4.79 Å². The average Bonchev–Trinajstić information content (AvgIpc) is 2.68. The SMILES string of the molecule is CC1CCN(S(=O)(=O)c2ccc(C(=O)N(C)C3CCNCC3)cc2)CC1.Cl. The van der Waals surface area contributed by atoms with Crippen LogP contribution in [0.25, 0.3) is 0 Å². The third-order valence-corrected chi connectivity index (χ3v) is 7.57. The number of halogens is 1. The first-order valence-corrected chi connectivity index (χ1v) is 10.9. The summed E-state index contributed by atoms with van der Waals surface area (Å²) >= 11 is 0. The molecular formula is C19H30ClN3O3S. The van der Waals surface area contributed by atoms with Crippen molar-refractivity contribution in [2.24, 2.45) is 5.92 Å². The van der Waals surface area contributed by atoms with Crippen LogP contribution in [0.2, 0.25) is 0 Å². The number of carbonyl (C=O) groups excluding carboxylic acids is 1. The Morgan fingerprint density at radius 3 is 2.19 bits per heavy atom. The molecule has 0 saturated carbocycles. The van der Waals surface area contributed by atoms with Gasteiger partial charge in [0.15, 0.2) is 0 Å². The van der Waals surface area contributed by atoms with Crippen LogP contribution in [0.5, 0.6) is 0 Å². The fourth-order valence-corrected chi connectivity index (χ4v) is 5.18. The number of hydrogen-bond donors (Lipinski definition) is 1. The zero-order valence-electron chi connectivity index (χ0n) is 16.1. The van der Waals surface area contributed by atoms with Crippen molar-refractivity contribution < 1.29 is 13.2 Å². The molecule has 2 aliphatic heterocycles. The Balaban J connectivity index is 0.00000261. The molecule has 2 heterocycles. The lowest BCUT2D eigenvalue weighted by molar-refractivity contribution is 0.0703. The number of nitrogens with zero attached hydrogens (tertiary/aromatic N) is 2. The third-order valence-electron chi connectivity index (χ3n) is 5.66. The summed E-state index contributed by atoms with van der Waals surface area (Å²) in [5.74, 6) is 0.527. The summed E-state index contributed by atoms with van der Waals surface area (Å²) in [6, 6.07) is 6.65. The first kappa shape index (κ1) is 22.1. The molecular weight excluding hydrogens is 386 g/mol. The van der Waals surface area contributed by atoms with Gasteiger partial charge >= 0.3 is 0 Å². The molecule has 0 unspecified atom stereocenters.